The van der Waals surface area contributed by atoms with Gasteiger partial charge in [0.1, 0.15) is 0 Å². The Balaban J connectivity index is 2.27. The Morgan fingerprint density at radius 3 is 3.00 bits per heavy atom. The maximum absolute atomic E-state index is 11.7. The van der Waals surface area contributed by atoms with E-state index in [2.05, 4.69) is 15.6 Å². The first kappa shape index (κ1) is 14.0. The molecular formula is C11H19N5O2. The van der Waals surface area contributed by atoms with E-state index in [1.807, 2.05) is 19.2 Å². The second kappa shape index (κ2) is 7.31. The molecule has 0 aliphatic heterocycles. The summed E-state index contributed by atoms with van der Waals surface area (Å²) >= 11 is 0. The lowest BCUT2D eigenvalue weighted by molar-refractivity contribution is -0.123. The first-order valence-corrected chi connectivity index (χ1v) is 5.91. The maximum atomic E-state index is 11.7. The van der Waals surface area contributed by atoms with Crippen molar-refractivity contribution in [3.8, 4) is 0 Å². The highest BCUT2D eigenvalue weighted by Crippen LogP contribution is 2.02. The van der Waals surface area contributed by atoms with Crippen molar-refractivity contribution in [3.05, 3.63) is 18.5 Å². The van der Waals surface area contributed by atoms with Gasteiger partial charge in [0.15, 0.2) is 5.84 Å². The van der Waals surface area contributed by atoms with Crippen LogP contribution in [0.2, 0.25) is 0 Å². The predicted molar refractivity (Wildman–Crippen MR) is 67.0 cm³/mol. The van der Waals surface area contributed by atoms with E-state index in [0.29, 0.717) is 13.0 Å². The number of nitrogens with two attached hydrogens (primary N) is 1. The lowest BCUT2D eigenvalue weighted by Crippen LogP contribution is -2.39. The summed E-state index contributed by atoms with van der Waals surface area (Å²) in [6.07, 6.45) is 4.86. The van der Waals surface area contributed by atoms with Gasteiger partial charge in [0, 0.05) is 25.5 Å². The Labute approximate surface area is 106 Å². The van der Waals surface area contributed by atoms with Gasteiger partial charge in [0.25, 0.3) is 0 Å². The van der Waals surface area contributed by atoms with Gasteiger partial charge < -0.3 is 16.3 Å². The van der Waals surface area contributed by atoms with Gasteiger partial charge >= 0.3 is 0 Å². The summed E-state index contributed by atoms with van der Waals surface area (Å²) in [5.41, 5.74) is 5.44. The summed E-state index contributed by atoms with van der Waals surface area (Å²) in [7, 11) is 0. The summed E-state index contributed by atoms with van der Waals surface area (Å²) in [5.74, 6) is -0.838. The van der Waals surface area contributed by atoms with Crippen molar-refractivity contribution >= 4 is 11.7 Å². The highest BCUT2D eigenvalue weighted by Gasteiger charge is 2.20. The average Bonchev–Trinajstić information content (AvgIpc) is 2.88. The van der Waals surface area contributed by atoms with Crippen molar-refractivity contribution in [2.24, 2.45) is 16.8 Å². The molecule has 0 aliphatic rings. The average molecular weight is 253 g/mol. The van der Waals surface area contributed by atoms with Crippen LogP contribution in [0, 0.1) is 5.92 Å². The van der Waals surface area contributed by atoms with Crippen molar-refractivity contribution in [1.29, 1.82) is 0 Å². The third-order valence-corrected chi connectivity index (χ3v) is 2.62. The number of nitrogens with zero attached hydrogens (tertiary/aromatic N) is 3. The second-order valence-electron chi connectivity index (χ2n) is 3.90. The van der Waals surface area contributed by atoms with E-state index in [0.717, 1.165) is 13.0 Å². The van der Waals surface area contributed by atoms with Crippen molar-refractivity contribution in [2.75, 3.05) is 6.54 Å². The molecule has 1 atom stereocenters. The number of nitrogens with one attached hydrogen (secondary N) is 1. The van der Waals surface area contributed by atoms with Crippen LogP contribution in [0.1, 0.15) is 19.8 Å². The number of hydrogen-bond acceptors (Lipinski definition) is 4. The van der Waals surface area contributed by atoms with Gasteiger partial charge in [-0.15, -0.1) is 0 Å². The number of oxime groups is 1. The third kappa shape index (κ3) is 4.08. The zero-order valence-corrected chi connectivity index (χ0v) is 10.4. The molecule has 0 radical (unpaired) electrons. The van der Waals surface area contributed by atoms with Crippen molar-refractivity contribution in [1.82, 2.24) is 15.1 Å². The van der Waals surface area contributed by atoms with Gasteiger partial charge in [0.05, 0.1) is 5.92 Å². The van der Waals surface area contributed by atoms with Crippen LogP contribution in [0.5, 0.6) is 0 Å². The molecule has 4 N–H and O–H groups in total. The molecule has 7 heteroatoms. The molecule has 18 heavy (non-hydrogen) atoms. The number of hydrogen-bond donors (Lipinski definition) is 3. The fourth-order valence-corrected chi connectivity index (χ4v) is 1.61. The van der Waals surface area contributed by atoms with Crippen LogP contribution < -0.4 is 11.1 Å². The molecule has 1 rings (SSSR count). The lowest BCUT2D eigenvalue weighted by Gasteiger charge is -2.13. The van der Waals surface area contributed by atoms with Crippen molar-refractivity contribution in [3.63, 3.8) is 0 Å². The molecule has 1 unspecified atom stereocenters. The van der Waals surface area contributed by atoms with Gasteiger partial charge in [-0.2, -0.15) is 5.10 Å². The van der Waals surface area contributed by atoms with Crippen LogP contribution in [-0.2, 0) is 11.3 Å². The van der Waals surface area contributed by atoms with Crippen LogP contribution >= 0.6 is 0 Å². The van der Waals surface area contributed by atoms with Crippen LogP contribution in [0.3, 0.4) is 0 Å². The second-order valence-corrected chi connectivity index (χ2v) is 3.90. The van der Waals surface area contributed by atoms with Crippen molar-refractivity contribution < 1.29 is 10.0 Å². The normalized spacial score (nSPS) is 13.3. The van der Waals surface area contributed by atoms with Gasteiger partial charge in [-0.1, -0.05) is 12.1 Å². The third-order valence-electron chi connectivity index (χ3n) is 2.62. The Kier molecular flexibility index (Phi) is 5.69. The lowest BCUT2D eigenvalue weighted by atomic mass is 10.0. The molecule has 0 aliphatic carbocycles. The Morgan fingerprint density at radius 2 is 2.44 bits per heavy atom. The SMILES string of the molecule is CCC(C(=O)NCCCn1cccn1)/C(N)=N/O. The Morgan fingerprint density at radius 1 is 1.67 bits per heavy atom. The molecular weight excluding hydrogens is 234 g/mol. The van der Waals surface area contributed by atoms with Gasteiger partial charge in [-0.05, 0) is 18.9 Å². The maximum Gasteiger partial charge on any atom is 0.230 e. The van der Waals surface area contributed by atoms with E-state index in [-0.39, 0.29) is 11.7 Å². The molecule has 0 saturated carbocycles. The quantitative estimate of drug-likeness (QED) is 0.211. The molecule has 1 amide bonds. The standard InChI is InChI=1S/C11H19N5O2/c1-2-9(10(12)15-18)11(17)13-5-3-7-16-8-4-6-14-16/h4,6,8-9,18H,2-3,5,7H2,1H3,(H2,12,15)(H,13,17). The summed E-state index contributed by atoms with van der Waals surface area (Å²) < 4.78 is 1.80. The zero-order chi connectivity index (χ0) is 13.4. The van der Waals surface area contributed by atoms with E-state index in [1.165, 1.54) is 0 Å². The monoisotopic (exact) mass is 253 g/mol. The van der Waals surface area contributed by atoms with Crippen molar-refractivity contribution in [2.45, 2.75) is 26.3 Å². The van der Waals surface area contributed by atoms with E-state index < -0.39 is 5.92 Å². The summed E-state index contributed by atoms with van der Waals surface area (Å²) in [4.78, 5) is 11.7. The van der Waals surface area contributed by atoms with E-state index >= 15 is 0 Å². The summed E-state index contributed by atoms with van der Waals surface area (Å²) in [5, 5.41) is 18.2. The minimum absolute atomic E-state index is 0.0536. The largest absolute Gasteiger partial charge is 0.409 e. The Bertz CT molecular complexity index is 388. The number of carbonyl (C=O) groups is 1. The molecule has 7 nitrogen and oxygen atoms in total. The fraction of sp³-hybridized carbons (Fsp3) is 0.545. The first-order chi connectivity index (χ1) is 8.69. The molecule has 0 bridgehead atoms. The number of amides is 1. The fourth-order valence-electron chi connectivity index (χ4n) is 1.61. The van der Waals surface area contributed by atoms with Crippen LogP contribution in [0.15, 0.2) is 23.6 Å². The molecule has 0 spiro atoms. The first-order valence-electron chi connectivity index (χ1n) is 5.91. The summed E-state index contributed by atoms with van der Waals surface area (Å²) in [6, 6.07) is 1.85. The topological polar surface area (TPSA) is 106 Å². The molecule has 1 aromatic rings. The van der Waals surface area contributed by atoms with E-state index in [9.17, 15) is 4.79 Å². The molecule has 1 aromatic heterocycles. The molecule has 1 heterocycles. The minimum atomic E-state index is -0.570. The van der Waals surface area contributed by atoms with E-state index in [4.69, 9.17) is 10.9 Å². The summed E-state index contributed by atoms with van der Waals surface area (Å²) in [6.45, 7) is 3.09. The minimum Gasteiger partial charge on any atom is -0.409 e. The molecule has 0 fully saturated rings. The smallest absolute Gasteiger partial charge is 0.230 e. The zero-order valence-electron chi connectivity index (χ0n) is 10.4. The molecule has 100 valence electrons. The molecule has 0 aromatic carbocycles. The Hall–Kier alpha value is -2.05. The number of aromatic nitrogens is 2. The van der Waals surface area contributed by atoms with Crippen LogP contribution in [-0.4, -0.2) is 33.3 Å². The van der Waals surface area contributed by atoms with Crippen LogP contribution in [0.4, 0.5) is 0 Å². The highest BCUT2D eigenvalue weighted by atomic mass is 16.4. The number of carbonyl (C=O) groups excluding carboxylic acids is 1. The number of amidine groups is 1. The number of aryl methyl sites for hydroxylation is 1. The van der Waals surface area contributed by atoms with E-state index in [1.54, 1.807) is 10.9 Å². The van der Waals surface area contributed by atoms with Gasteiger partial charge in [-0.3, -0.25) is 9.48 Å². The molecule has 0 saturated heterocycles. The highest BCUT2D eigenvalue weighted by molar-refractivity contribution is 6.01. The predicted octanol–water partition coefficient (Wildman–Crippen LogP) is 0.162. The van der Waals surface area contributed by atoms with Crippen LogP contribution in [0.25, 0.3) is 0 Å². The van der Waals surface area contributed by atoms with Gasteiger partial charge in [0.2, 0.25) is 5.91 Å². The number of rotatable bonds is 7. The van der Waals surface area contributed by atoms with Gasteiger partial charge in [-0.25, -0.2) is 0 Å².